The van der Waals surface area contributed by atoms with Crippen LogP contribution in [0.15, 0.2) is 23.1 Å². The van der Waals surface area contributed by atoms with E-state index in [1.165, 1.54) is 12.2 Å². The summed E-state index contributed by atoms with van der Waals surface area (Å²) in [4.78, 5) is 1.13. The van der Waals surface area contributed by atoms with Gasteiger partial charge in [0, 0.05) is 15.6 Å². The third kappa shape index (κ3) is 4.03. The van der Waals surface area contributed by atoms with Gasteiger partial charge in [0.2, 0.25) is 0 Å². The SMILES string of the molecule is CSCCCSc1ccc(Cl)cc1N. The van der Waals surface area contributed by atoms with Crippen LogP contribution in [0.1, 0.15) is 6.42 Å². The van der Waals surface area contributed by atoms with Gasteiger partial charge in [-0.1, -0.05) is 11.6 Å². The molecule has 0 spiro atoms. The minimum Gasteiger partial charge on any atom is -0.398 e. The molecule has 0 aliphatic rings. The standard InChI is InChI=1S/C10H14ClNS2/c1-13-5-2-6-14-10-4-3-8(11)7-9(10)12/h3-4,7H,2,5-6,12H2,1H3. The van der Waals surface area contributed by atoms with Crippen molar-refractivity contribution in [2.45, 2.75) is 11.3 Å². The van der Waals surface area contributed by atoms with E-state index in [-0.39, 0.29) is 0 Å². The molecule has 0 amide bonds. The molecule has 0 atom stereocenters. The Morgan fingerprint density at radius 2 is 2.14 bits per heavy atom. The summed E-state index contributed by atoms with van der Waals surface area (Å²) in [6.45, 7) is 0. The fraction of sp³-hybridized carbons (Fsp3) is 0.400. The number of hydrogen-bond donors (Lipinski definition) is 1. The first-order valence-electron chi connectivity index (χ1n) is 4.41. The molecule has 0 aliphatic heterocycles. The maximum atomic E-state index is 5.83. The van der Waals surface area contributed by atoms with Crippen molar-refractivity contribution in [2.24, 2.45) is 0 Å². The topological polar surface area (TPSA) is 26.0 Å². The van der Waals surface area contributed by atoms with Crippen LogP contribution in [0.5, 0.6) is 0 Å². The van der Waals surface area contributed by atoms with Gasteiger partial charge in [-0.2, -0.15) is 11.8 Å². The molecule has 4 heteroatoms. The summed E-state index contributed by atoms with van der Waals surface area (Å²) in [5.74, 6) is 2.33. The fourth-order valence-corrected chi connectivity index (χ4v) is 2.73. The van der Waals surface area contributed by atoms with Crippen molar-refractivity contribution >= 4 is 40.8 Å². The Bertz CT molecular complexity index is 291. The van der Waals surface area contributed by atoms with Gasteiger partial charge in [-0.15, -0.1) is 11.8 Å². The molecule has 0 fully saturated rings. The molecule has 0 aromatic heterocycles. The zero-order valence-electron chi connectivity index (χ0n) is 8.13. The van der Waals surface area contributed by atoms with Crippen LogP contribution in [-0.2, 0) is 0 Å². The van der Waals surface area contributed by atoms with Crippen molar-refractivity contribution in [3.8, 4) is 0 Å². The van der Waals surface area contributed by atoms with Gasteiger partial charge in [0.25, 0.3) is 0 Å². The number of anilines is 1. The summed E-state index contributed by atoms with van der Waals surface area (Å²) in [6.07, 6.45) is 3.34. The van der Waals surface area contributed by atoms with E-state index in [0.29, 0.717) is 5.02 Å². The molecule has 0 saturated carbocycles. The van der Waals surface area contributed by atoms with Crippen molar-refractivity contribution in [1.29, 1.82) is 0 Å². The molecule has 0 radical (unpaired) electrons. The summed E-state index contributed by atoms with van der Waals surface area (Å²) in [7, 11) is 0. The van der Waals surface area contributed by atoms with Crippen molar-refractivity contribution in [3.63, 3.8) is 0 Å². The third-order valence-electron chi connectivity index (χ3n) is 1.72. The average Bonchev–Trinajstić information content (AvgIpc) is 2.15. The molecule has 78 valence electrons. The van der Waals surface area contributed by atoms with E-state index in [0.717, 1.165) is 16.3 Å². The van der Waals surface area contributed by atoms with Gasteiger partial charge < -0.3 is 5.73 Å². The number of rotatable bonds is 5. The molecule has 1 aromatic rings. The highest BCUT2D eigenvalue weighted by atomic mass is 35.5. The van der Waals surface area contributed by atoms with E-state index in [9.17, 15) is 0 Å². The molecular formula is C10H14ClNS2. The van der Waals surface area contributed by atoms with Gasteiger partial charge >= 0.3 is 0 Å². The summed E-state index contributed by atoms with van der Waals surface area (Å²) in [6, 6.07) is 5.68. The minimum atomic E-state index is 0.705. The van der Waals surface area contributed by atoms with Gasteiger partial charge in [0.05, 0.1) is 0 Å². The monoisotopic (exact) mass is 247 g/mol. The van der Waals surface area contributed by atoms with E-state index in [2.05, 4.69) is 6.26 Å². The van der Waals surface area contributed by atoms with Crippen LogP contribution in [0.25, 0.3) is 0 Å². The number of halogens is 1. The number of benzene rings is 1. The molecule has 1 aromatic carbocycles. The molecule has 0 saturated heterocycles. The number of nitrogen functional groups attached to an aromatic ring is 1. The van der Waals surface area contributed by atoms with Crippen LogP contribution in [0.2, 0.25) is 5.02 Å². The van der Waals surface area contributed by atoms with Crippen molar-refractivity contribution in [3.05, 3.63) is 23.2 Å². The second-order valence-corrected chi connectivity index (χ2v) is 5.44. The molecule has 0 bridgehead atoms. The third-order valence-corrected chi connectivity index (χ3v) is 3.83. The Hall–Kier alpha value is 0.01000. The summed E-state index contributed by atoms with van der Waals surface area (Å²) >= 11 is 9.48. The number of nitrogens with two attached hydrogens (primary N) is 1. The van der Waals surface area contributed by atoms with E-state index < -0.39 is 0 Å². The Labute approximate surface area is 98.8 Å². The average molecular weight is 248 g/mol. The van der Waals surface area contributed by atoms with Crippen molar-refractivity contribution < 1.29 is 0 Å². The zero-order chi connectivity index (χ0) is 10.4. The molecule has 1 nitrogen and oxygen atoms in total. The predicted molar refractivity (Wildman–Crippen MR) is 69.6 cm³/mol. The highest BCUT2D eigenvalue weighted by Crippen LogP contribution is 2.28. The highest BCUT2D eigenvalue weighted by molar-refractivity contribution is 8.00. The van der Waals surface area contributed by atoms with E-state index in [4.69, 9.17) is 17.3 Å². The summed E-state index contributed by atoms with van der Waals surface area (Å²) in [5, 5.41) is 0.705. The number of hydrogen-bond acceptors (Lipinski definition) is 3. The molecule has 2 N–H and O–H groups in total. The van der Waals surface area contributed by atoms with Gasteiger partial charge in [-0.25, -0.2) is 0 Å². The zero-order valence-corrected chi connectivity index (χ0v) is 10.5. The van der Waals surface area contributed by atoms with Crippen molar-refractivity contribution in [2.75, 3.05) is 23.5 Å². The lowest BCUT2D eigenvalue weighted by atomic mass is 10.3. The normalized spacial score (nSPS) is 10.4. The quantitative estimate of drug-likeness (QED) is 0.487. The predicted octanol–water partition coefficient (Wildman–Crippen LogP) is 3.77. The molecule has 0 aliphatic carbocycles. The fourth-order valence-electron chi connectivity index (χ4n) is 1.04. The second kappa shape index (κ2) is 6.49. The summed E-state index contributed by atoms with van der Waals surface area (Å²) in [5.41, 5.74) is 6.61. The van der Waals surface area contributed by atoms with Crippen LogP contribution < -0.4 is 5.73 Å². The second-order valence-electron chi connectivity index (χ2n) is 2.88. The first-order chi connectivity index (χ1) is 6.74. The van der Waals surface area contributed by atoms with Gasteiger partial charge in [-0.3, -0.25) is 0 Å². The van der Waals surface area contributed by atoms with Crippen LogP contribution in [0.4, 0.5) is 5.69 Å². The Morgan fingerprint density at radius 3 is 2.79 bits per heavy atom. The molecule has 0 unspecified atom stereocenters. The maximum Gasteiger partial charge on any atom is 0.0467 e. The largest absolute Gasteiger partial charge is 0.398 e. The van der Waals surface area contributed by atoms with Crippen LogP contribution in [0.3, 0.4) is 0 Å². The first kappa shape index (κ1) is 12.1. The van der Waals surface area contributed by atoms with Crippen molar-refractivity contribution in [1.82, 2.24) is 0 Å². The number of thioether (sulfide) groups is 2. The smallest absolute Gasteiger partial charge is 0.0467 e. The van der Waals surface area contributed by atoms with Crippen LogP contribution >= 0.6 is 35.1 Å². The van der Waals surface area contributed by atoms with Gasteiger partial charge in [-0.05, 0) is 42.4 Å². The van der Waals surface area contributed by atoms with E-state index in [1.54, 1.807) is 17.8 Å². The molecule has 1 rings (SSSR count). The first-order valence-corrected chi connectivity index (χ1v) is 7.16. The lowest BCUT2D eigenvalue weighted by Gasteiger charge is -2.04. The van der Waals surface area contributed by atoms with E-state index >= 15 is 0 Å². The molecular weight excluding hydrogens is 234 g/mol. The molecule has 0 heterocycles. The van der Waals surface area contributed by atoms with Gasteiger partial charge in [0.15, 0.2) is 0 Å². The van der Waals surface area contributed by atoms with Crippen LogP contribution in [-0.4, -0.2) is 17.8 Å². The Kier molecular flexibility index (Phi) is 5.60. The Morgan fingerprint density at radius 1 is 1.36 bits per heavy atom. The minimum absolute atomic E-state index is 0.705. The highest BCUT2D eigenvalue weighted by Gasteiger charge is 2.00. The summed E-state index contributed by atoms with van der Waals surface area (Å²) < 4.78 is 0. The Balaban J connectivity index is 2.42. The maximum absolute atomic E-state index is 5.83. The molecule has 14 heavy (non-hydrogen) atoms. The van der Waals surface area contributed by atoms with E-state index in [1.807, 2.05) is 23.9 Å². The lowest BCUT2D eigenvalue weighted by molar-refractivity contribution is 1.12. The van der Waals surface area contributed by atoms with Gasteiger partial charge in [0.1, 0.15) is 0 Å². The van der Waals surface area contributed by atoms with Crippen LogP contribution in [0, 0.1) is 0 Å². The lowest BCUT2D eigenvalue weighted by Crippen LogP contribution is -1.90.